The predicted molar refractivity (Wildman–Crippen MR) is 76.9 cm³/mol. The Morgan fingerprint density at radius 2 is 1.95 bits per heavy atom. The minimum atomic E-state index is -3.79. The number of hydrogen-bond donors (Lipinski definition) is 1. The molecular weight excluding hydrogens is 296 g/mol. The molecule has 0 heterocycles. The molecule has 0 aliphatic heterocycles. The minimum Gasteiger partial charge on any atom is -0.466 e. The molecule has 0 aliphatic rings. The third kappa shape index (κ3) is 7.79. The Bertz CT molecular complexity index is 526. The Labute approximate surface area is 124 Å². The quantitative estimate of drug-likeness (QED) is 0.544. The van der Waals surface area contributed by atoms with Crippen molar-refractivity contribution < 1.29 is 27.2 Å². The SMILES string of the molecule is CCCOC(=O)CC(O)COS(=O)(=O)Cc1ccccc1. The number of benzene rings is 1. The number of rotatable bonds is 9. The van der Waals surface area contributed by atoms with Gasteiger partial charge in [-0.05, 0) is 12.0 Å². The van der Waals surface area contributed by atoms with E-state index >= 15 is 0 Å². The first-order valence-corrected chi connectivity index (χ1v) is 8.25. The van der Waals surface area contributed by atoms with Crippen LogP contribution in [0.15, 0.2) is 30.3 Å². The first-order chi connectivity index (χ1) is 9.93. The lowest BCUT2D eigenvalue weighted by molar-refractivity contribution is -0.146. The average Bonchev–Trinajstić information content (AvgIpc) is 2.44. The van der Waals surface area contributed by atoms with E-state index in [0.717, 1.165) is 0 Å². The van der Waals surface area contributed by atoms with Crippen molar-refractivity contribution in [1.82, 2.24) is 0 Å². The molecule has 7 heteroatoms. The highest BCUT2D eigenvalue weighted by molar-refractivity contribution is 7.85. The number of carbonyl (C=O) groups excluding carboxylic acids is 1. The van der Waals surface area contributed by atoms with Gasteiger partial charge in [-0.15, -0.1) is 0 Å². The van der Waals surface area contributed by atoms with Crippen LogP contribution in [-0.4, -0.2) is 38.8 Å². The Hall–Kier alpha value is -1.44. The fourth-order valence-electron chi connectivity index (χ4n) is 1.53. The molecule has 6 nitrogen and oxygen atoms in total. The zero-order valence-electron chi connectivity index (χ0n) is 11.9. The standard InChI is InChI=1S/C14H20O6S/c1-2-8-19-14(16)9-13(15)10-20-21(17,18)11-12-6-4-3-5-7-12/h3-7,13,15H,2,8-11H2,1H3. The molecular formula is C14H20O6S. The zero-order valence-corrected chi connectivity index (χ0v) is 12.7. The zero-order chi connectivity index (χ0) is 15.7. The molecule has 0 aromatic heterocycles. The summed E-state index contributed by atoms with van der Waals surface area (Å²) >= 11 is 0. The summed E-state index contributed by atoms with van der Waals surface area (Å²) < 4.78 is 32.9. The summed E-state index contributed by atoms with van der Waals surface area (Å²) in [7, 11) is -3.79. The lowest BCUT2D eigenvalue weighted by Gasteiger charge is -2.11. The van der Waals surface area contributed by atoms with Crippen LogP contribution in [0.4, 0.5) is 0 Å². The number of ether oxygens (including phenoxy) is 1. The van der Waals surface area contributed by atoms with Crippen LogP contribution in [0.1, 0.15) is 25.3 Å². The van der Waals surface area contributed by atoms with Gasteiger partial charge in [-0.25, -0.2) is 0 Å². The van der Waals surface area contributed by atoms with E-state index in [1.165, 1.54) is 0 Å². The highest BCUT2D eigenvalue weighted by Gasteiger charge is 2.18. The van der Waals surface area contributed by atoms with E-state index in [1.807, 2.05) is 6.92 Å². The van der Waals surface area contributed by atoms with Crippen molar-refractivity contribution >= 4 is 16.1 Å². The first kappa shape index (κ1) is 17.6. The highest BCUT2D eigenvalue weighted by atomic mass is 32.2. The maximum Gasteiger partial charge on any atom is 0.308 e. The van der Waals surface area contributed by atoms with Gasteiger partial charge >= 0.3 is 5.97 Å². The second-order valence-electron chi connectivity index (χ2n) is 4.55. The molecule has 1 aromatic carbocycles. The van der Waals surface area contributed by atoms with Gasteiger partial charge in [0.2, 0.25) is 0 Å². The lowest BCUT2D eigenvalue weighted by atomic mass is 10.2. The third-order valence-electron chi connectivity index (χ3n) is 2.50. The molecule has 0 saturated heterocycles. The van der Waals surface area contributed by atoms with Crippen LogP contribution in [0.2, 0.25) is 0 Å². The second kappa shape index (κ2) is 8.76. The van der Waals surface area contributed by atoms with Crippen molar-refractivity contribution in [2.24, 2.45) is 0 Å². The van der Waals surface area contributed by atoms with Crippen molar-refractivity contribution in [2.45, 2.75) is 31.6 Å². The normalized spacial score (nSPS) is 12.9. The Balaban J connectivity index is 2.37. The van der Waals surface area contributed by atoms with Crippen molar-refractivity contribution in [1.29, 1.82) is 0 Å². The third-order valence-corrected chi connectivity index (χ3v) is 3.68. The average molecular weight is 316 g/mol. The van der Waals surface area contributed by atoms with E-state index in [1.54, 1.807) is 30.3 Å². The highest BCUT2D eigenvalue weighted by Crippen LogP contribution is 2.08. The van der Waals surface area contributed by atoms with Gasteiger partial charge in [0.1, 0.15) is 5.75 Å². The van der Waals surface area contributed by atoms with Crippen LogP contribution in [0.5, 0.6) is 0 Å². The smallest absolute Gasteiger partial charge is 0.308 e. The van der Waals surface area contributed by atoms with Crippen LogP contribution >= 0.6 is 0 Å². The molecule has 1 unspecified atom stereocenters. The molecule has 118 valence electrons. The maximum absolute atomic E-state index is 11.7. The van der Waals surface area contributed by atoms with Gasteiger partial charge in [0.25, 0.3) is 10.1 Å². The second-order valence-corrected chi connectivity index (χ2v) is 6.19. The fraction of sp³-hybridized carbons (Fsp3) is 0.500. The van der Waals surface area contributed by atoms with Gasteiger partial charge < -0.3 is 9.84 Å². The van der Waals surface area contributed by atoms with E-state index in [2.05, 4.69) is 0 Å². The van der Waals surface area contributed by atoms with E-state index in [9.17, 15) is 18.3 Å². The Kier molecular flexibility index (Phi) is 7.35. The van der Waals surface area contributed by atoms with Gasteiger partial charge in [-0.1, -0.05) is 37.3 Å². The summed E-state index contributed by atoms with van der Waals surface area (Å²) in [6.45, 7) is 1.66. The van der Waals surface area contributed by atoms with Crippen LogP contribution in [0.25, 0.3) is 0 Å². The molecule has 0 spiro atoms. The maximum atomic E-state index is 11.7. The van der Waals surface area contributed by atoms with Crippen LogP contribution < -0.4 is 0 Å². The molecule has 0 radical (unpaired) electrons. The molecule has 1 N–H and O–H groups in total. The van der Waals surface area contributed by atoms with Gasteiger partial charge in [0, 0.05) is 0 Å². The molecule has 0 fully saturated rings. The lowest BCUT2D eigenvalue weighted by Crippen LogP contribution is -2.23. The van der Waals surface area contributed by atoms with Crippen molar-refractivity contribution in [3.05, 3.63) is 35.9 Å². The van der Waals surface area contributed by atoms with Gasteiger partial charge in [0.15, 0.2) is 0 Å². The summed E-state index contributed by atoms with van der Waals surface area (Å²) in [6, 6.07) is 8.56. The molecule has 1 atom stereocenters. The van der Waals surface area contributed by atoms with E-state index < -0.39 is 28.8 Å². The molecule has 0 bridgehead atoms. The summed E-state index contributed by atoms with van der Waals surface area (Å²) in [5, 5.41) is 9.56. The van der Waals surface area contributed by atoms with Crippen molar-refractivity contribution in [2.75, 3.05) is 13.2 Å². The molecule has 21 heavy (non-hydrogen) atoms. The number of hydrogen-bond acceptors (Lipinski definition) is 6. The molecule has 0 aliphatic carbocycles. The number of carbonyl (C=O) groups is 1. The van der Waals surface area contributed by atoms with E-state index in [0.29, 0.717) is 12.0 Å². The minimum absolute atomic E-state index is 0.277. The van der Waals surface area contributed by atoms with Gasteiger partial charge in [0.05, 0.1) is 25.7 Å². The number of aliphatic hydroxyl groups excluding tert-OH is 1. The fourth-order valence-corrected chi connectivity index (χ4v) is 2.58. The molecule has 1 aromatic rings. The van der Waals surface area contributed by atoms with Crippen molar-refractivity contribution in [3.8, 4) is 0 Å². The van der Waals surface area contributed by atoms with E-state index in [4.69, 9.17) is 8.92 Å². The number of esters is 1. The summed E-state index contributed by atoms with van der Waals surface area (Å²) in [4.78, 5) is 11.2. The Morgan fingerprint density at radius 3 is 2.57 bits per heavy atom. The van der Waals surface area contributed by atoms with Crippen LogP contribution in [-0.2, 0) is 29.6 Å². The molecule has 1 rings (SSSR count). The van der Waals surface area contributed by atoms with Crippen molar-refractivity contribution in [3.63, 3.8) is 0 Å². The summed E-state index contributed by atoms with van der Waals surface area (Å²) in [5.41, 5.74) is 0.592. The van der Waals surface area contributed by atoms with E-state index in [-0.39, 0.29) is 18.8 Å². The first-order valence-electron chi connectivity index (χ1n) is 6.67. The summed E-state index contributed by atoms with van der Waals surface area (Å²) in [5.74, 6) is -0.852. The summed E-state index contributed by atoms with van der Waals surface area (Å²) in [6.07, 6.45) is -0.815. The molecule has 0 amide bonds. The monoisotopic (exact) mass is 316 g/mol. The number of aliphatic hydroxyl groups is 1. The van der Waals surface area contributed by atoms with Crippen LogP contribution in [0, 0.1) is 0 Å². The topological polar surface area (TPSA) is 89.9 Å². The Morgan fingerprint density at radius 1 is 1.29 bits per heavy atom. The van der Waals surface area contributed by atoms with Gasteiger partial charge in [-0.2, -0.15) is 8.42 Å². The largest absolute Gasteiger partial charge is 0.466 e. The predicted octanol–water partition coefficient (Wildman–Crippen LogP) is 1.24. The molecule has 0 saturated carbocycles. The van der Waals surface area contributed by atoms with Crippen LogP contribution in [0.3, 0.4) is 0 Å². The van der Waals surface area contributed by atoms with Gasteiger partial charge in [-0.3, -0.25) is 8.98 Å².